The van der Waals surface area contributed by atoms with Crippen molar-refractivity contribution in [1.29, 1.82) is 0 Å². The molecule has 1 aromatic carbocycles. The minimum atomic E-state index is 0.176. The molecule has 158 valence electrons. The van der Waals surface area contributed by atoms with Gasteiger partial charge in [0.25, 0.3) is 0 Å². The zero-order chi connectivity index (χ0) is 20.9. The summed E-state index contributed by atoms with van der Waals surface area (Å²) in [6.45, 7) is 7.49. The summed E-state index contributed by atoms with van der Waals surface area (Å²) in [5.74, 6) is 2.46. The Hall–Kier alpha value is -2.43. The monoisotopic (exact) mass is 404 g/mol. The summed E-state index contributed by atoms with van der Waals surface area (Å²) in [6, 6.07) is 6.03. The van der Waals surface area contributed by atoms with Crippen LogP contribution in [-0.2, 0) is 13.0 Å². The SMILES string of the molecule is CCn1ncc(/C=N\N=C2\CC[C@@H]3[C@@H]4CCc5cc(O)ccc5[C@@H]4CC[C@]23C)c1C. The van der Waals surface area contributed by atoms with E-state index in [-0.39, 0.29) is 5.41 Å². The number of phenols is 1. The van der Waals surface area contributed by atoms with Crippen LogP contribution in [0.1, 0.15) is 74.3 Å². The summed E-state index contributed by atoms with van der Waals surface area (Å²) in [5.41, 5.74) is 6.51. The highest BCUT2D eigenvalue weighted by molar-refractivity contribution is 5.93. The molecule has 30 heavy (non-hydrogen) atoms. The van der Waals surface area contributed by atoms with E-state index in [4.69, 9.17) is 5.10 Å². The van der Waals surface area contributed by atoms with Crippen molar-refractivity contribution in [3.63, 3.8) is 0 Å². The molecule has 2 aromatic rings. The molecule has 0 saturated heterocycles. The average Bonchev–Trinajstić information content (AvgIpc) is 3.27. The first-order valence-corrected chi connectivity index (χ1v) is 11.5. The number of nitrogens with zero attached hydrogens (tertiary/aromatic N) is 4. The summed E-state index contributed by atoms with van der Waals surface area (Å²) in [6.07, 6.45) is 10.7. The van der Waals surface area contributed by atoms with Crippen molar-refractivity contribution in [2.75, 3.05) is 0 Å². The molecule has 0 unspecified atom stereocenters. The fourth-order valence-corrected chi connectivity index (χ4v) is 6.59. The fraction of sp³-hybridized carbons (Fsp3) is 0.560. The molecular weight excluding hydrogens is 372 g/mol. The van der Waals surface area contributed by atoms with Crippen molar-refractivity contribution < 1.29 is 5.11 Å². The molecule has 2 saturated carbocycles. The molecule has 5 heteroatoms. The number of aromatic hydroxyl groups is 1. The van der Waals surface area contributed by atoms with Crippen molar-refractivity contribution in [1.82, 2.24) is 9.78 Å². The molecule has 4 atom stereocenters. The molecule has 2 fully saturated rings. The van der Waals surface area contributed by atoms with Crippen LogP contribution in [-0.4, -0.2) is 26.8 Å². The van der Waals surface area contributed by atoms with E-state index < -0.39 is 0 Å². The molecule has 3 aliphatic carbocycles. The highest BCUT2D eigenvalue weighted by atomic mass is 16.3. The van der Waals surface area contributed by atoms with E-state index in [1.165, 1.54) is 42.5 Å². The first-order chi connectivity index (χ1) is 14.5. The second kappa shape index (κ2) is 7.36. The van der Waals surface area contributed by atoms with Crippen molar-refractivity contribution in [3.05, 3.63) is 46.8 Å². The van der Waals surface area contributed by atoms with E-state index in [1.807, 2.05) is 29.2 Å². The summed E-state index contributed by atoms with van der Waals surface area (Å²) in [7, 11) is 0. The molecule has 0 radical (unpaired) electrons. The smallest absolute Gasteiger partial charge is 0.115 e. The first kappa shape index (κ1) is 19.5. The Kier molecular flexibility index (Phi) is 4.79. The number of fused-ring (bicyclic) bond motifs is 5. The Labute approximate surface area is 178 Å². The van der Waals surface area contributed by atoms with Crippen LogP contribution in [0, 0.1) is 24.2 Å². The van der Waals surface area contributed by atoms with Gasteiger partial charge in [-0.25, -0.2) is 0 Å². The van der Waals surface area contributed by atoms with Gasteiger partial charge < -0.3 is 5.11 Å². The molecule has 0 aliphatic heterocycles. The summed E-state index contributed by atoms with van der Waals surface area (Å²) >= 11 is 0. The molecule has 5 rings (SSSR count). The highest BCUT2D eigenvalue weighted by Crippen LogP contribution is 2.60. The lowest BCUT2D eigenvalue weighted by molar-refractivity contribution is 0.0955. The number of hydrogen-bond acceptors (Lipinski definition) is 4. The lowest BCUT2D eigenvalue weighted by atomic mass is 9.55. The minimum absolute atomic E-state index is 0.176. The lowest BCUT2D eigenvalue weighted by Crippen LogP contribution is -2.42. The molecule has 5 nitrogen and oxygen atoms in total. The average molecular weight is 405 g/mol. The maximum absolute atomic E-state index is 9.87. The van der Waals surface area contributed by atoms with E-state index in [0.717, 1.165) is 36.6 Å². The Morgan fingerprint density at radius 1 is 1.27 bits per heavy atom. The van der Waals surface area contributed by atoms with E-state index in [1.54, 1.807) is 0 Å². The summed E-state index contributed by atoms with van der Waals surface area (Å²) in [4.78, 5) is 0. The van der Waals surface area contributed by atoms with Gasteiger partial charge >= 0.3 is 0 Å². The van der Waals surface area contributed by atoms with Crippen molar-refractivity contribution >= 4 is 11.9 Å². The van der Waals surface area contributed by atoms with Gasteiger partial charge in [-0.1, -0.05) is 13.0 Å². The first-order valence-electron chi connectivity index (χ1n) is 11.5. The molecule has 1 heterocycles. The van der Waals surface area contributed by atoms with Crippen LogP contribution in [0.4, 0.5) is 0 Å². The highest BCUT2D eigenvalue weighted by Gasteiger charge is 2.53. The Bertz CT molecular complexity index is 1020. The maximum Gasteiger partial charge on any atom is 0.115 e. The van der Waals surface area contributed by atoms with Gasteiger partial charge in [0.1, 0.15) is 5.75 Å². The van der Waals surface area contributed by atoms with E-state index in [2.05, 4.69) is 37.0 Å². The molecule has 1 aromatic heterocycles. The van der Waals surface area contributed by atoms with Crippen LogP contribution < -0.4 is 0 Å². The Morgan fingerprint density at radius 2 is 2.13 bits per heavy atom. The Morgan fingerprint density at radius 3 is 2.93 bits per heavy atom. The second-order valence-electron chi connectivity index (χ2n) is 9.59. The van der Waals surface area contributed by atoms with Crippen LogP contribution in [0.5, 0.6) is 5.75 Å². The van der Waals surface area contributed by atoms with Crippen molar-refractivity contribution in [2.45, 2.75) is 71.8 Å². The minimum Gasteiger partial charge on any atom is -0.508 e. The van der Waals surface area contributed by atoms with Crippen LogP contribution in [0.3, 0.4) is 0 Å². The van der Waals surface area contributed by atoms with Crippen LogP contribution in [0.2, 0.25) is 0 Å². The molecule has 0 bridgehead atoms. The summed E-state index contributed by atoms with van der Waals surface area (Å²) in [5, 5.41) is 23.5. The van der Waals surface area contributed by atoms with E-state index in [0.29, 0.717) is 17.6 Å². The normalized spacial score (nSPS) is 31.7. The third-order valence-electron chi connectivity index (χ3n) is 8.27. The number of hydrogen-bond donors (Lipinski definition) is 1. The zero-order valence-corrected chi connectivity index (χ0v) is 18.3. The van der Waals surface area contributed by atoms with Gasteiger partial charge in [0.2, 0.25) is 0 Å². The molecule has 3 aliphatic rings. The number of phenolic OH excluding ortho intramolecular Hbond substituents is 1. The second-order valence-corrected chi connectivity index (χ2v) is 9.59. The summed E-state index contributed by atoms with van der Waals surface area (Å²) < 4.78 is 1.99. The van der Waals surface area contributed by atoms with Crippen LogP contribution in [0.15, 0.2) is 34.6 Å². The van der Waals surface area contributed by atoms with Gasteiger partial charge in [0, 0.05) is 28.9 Å². The number of benzene rings is 1. The van der Waals surface area contributed by atoms with E-state index >= 15 is 0 Å². The van der Waals surface area contributed by atoms with Gasteiger partial charge in [0.05, 0.1) is 12.4 Å². The largest absolute Gasteiger partial charge is 0.508 e. The van der Waals surface area contributed by atoms with Crippen molar-refractivity contribution in [3.8, 4) is 5.75 Å². The number of aryl methyl sites for hydroxylation is 2. The van der Waals surface area contributed by atoms with Crippen LogP contribution in [0.25, 0.3) is 0 Å². The lowest BCUT2D eigenvalue weighted by Gasteiger charge is -2.49. The van der Waals surface area contributed by atoms with Gasteiger partial charge in [-0.05, 0) is 93.4 Å². The van der Waals surface area contributed by atoms with E-state index in [9.17, 15) is 5.11 Å². The molecule has 0 amide bonds. The van der Waals surface area contributed by atoms with Crippen LogP contribution >= 0.6 is 0 Å². The molecular formula is C25H32N4O. The zero-order valence-electron chi connectivity index (χ0n) is 18.3. The predicted octanol–water partition coefficient (Wildman–Crippen LogP) is 5.25. The molecule has 0 spiro atoms. The van der Waals surface area contributed by atoms with Gasteiger partial charge in [0.15, 0.2) is 0 Å². The third kappa shape index (κ3) is 3.01. The standard InChI is InChI=1S/C25H32N4O/c1-4-29-16(2)18(15-27-29)14-26-28-24-10-9-23-22-7-5-17-13-19(30)6-8-20(17)21(22)11-12-25(23,24)3/h6,8,13-15,21-23,30H,4-5,7,9-12H2,1-3H3/b26-14-,28-24-/t21-,22+,23+,25-/m0/s1. The topological polar surface area (TPSA) is 62.8 Å². The Balaban J connectivity index is 1.37. The fourth-order valence-electron chi connectivity index (χ4n) is 6.59. The molecule has 1 N–H and O–H groups in total. The van der Waals surface area contributed by atoms with Gasteiger partial charge in [-0.2, -0.15) is 15.3 Å². The van der Waals surface area contributed by atoms with Gasteiger partial charge in [-0.3, -0.25) is 4.68 Å². The third-order valence-corrected chi connectivity index (χ3v) is 8.27. The predicted molar refractivity (Wildman–Crippen MR) is 120 cm³/mol. The van der Waals surface area contributed by atoms with Crippen molar-refractivity contribution in [2.24, 2.45) is 27.5 Å². The number of aromatic nitrogens is 2. The maximum atomic E-state index is 9.87. The number of rotatable bonds is 3. The van der Waals surface area contributed by atoms with Gasteiger partial charge in [-0.15, -0.1) is 0 Å². The quantitative estimate of drug-likeness (QED) is 0.561.